The molecule has 0 fully saturated rings. The predicted octanol–water partition coefficient (Wildman–Crippen LogP) is 2.87. The normalized spacial score (nSPS) is 15.1. The van der Waals surface area contributed by atoms with Gasteiger partial charge in [0.1, 0.15) is 0 Å². The van der Waals surface area contributed by atoms with Crippen molar-refractivity contribution < 1.29 is 4.79 Å². The third-order valence-electron chi connectivity index (χ3n) is 3.31. The monoisotopic (exact) mass is 262 g/mol. The molecule has 1 aromatic carbocycles. The smallest absolute Gasteiger partial charge is 0.237 e. The van der Waals surface area contributed by atoms with Crippen LogP contribution in [0.2, 0.25) is 0 Å². The predicted molar refractivity (Wildman–Crippen MR) is 79.6 cm³/mol. The van der Waals surface area contributed by atoms with E-state index >= 15 is 0 Å². The first kappa shape index (κ1) is 15.7. The van der Waals surface area contributed by atoms with Crippen molar-refractivity contribution in [2.75, 3.05) is 0 Å². The minimum atomic E-state index is -0.464. The van der Waals surface area contributed by atoms with E-state index in [0.29, 0.717) is 0 Å². The first-order valence-electron chi connectivity index (χ1n) is 6.84. The molecule has 19 heavy (non-hydrogen) atoms. The van der Waals surface area contributed by atoms with Crippen LogP contribution < -0.4 is 11.1 Å². The molecule has 0 radical (unpaired) electrons. The molecule has 0 spiro atoms. The molecule has 3 heteroatoms. The van der Waals surface area contributed by atoms with E-state index in [1.807, 2.05) is 44.2 Å². The number of nitrogens with two attached hydrogens (primary N) is 1. The number of rotatable bonds is 4. The van der Waals surface area contributed by atoms with Crippen molar-refractivity contribution in [1.29, 1.82) is 0 Å². The molecule has 3 N–H and O–H groups in total. The van der Waals surface area contributed by atoms with E-state index in [4.69, 9.17) is 5.73 Å². The molecule has 0 aliphatic carbocycles. The Morgan fingerprint density at radius 3 is 2.11 bits per heavy atom. The highest BCUT2D eigenvalue weighted by Crippen LogP contribution is 2.32. The molecular formula is C16H26N2O. The maximum Gasteiger partial charge on any atom is 0.237 e. The summed E-state index contributed by atoms with van der Waals surface area (Å²) in [5.74, 6) is 0.0511. The van der Waals surface area contributed by atoms with Crippen molar-refractivity contribution in [3.63, 3.8) is 0 Å². The van der Waals surface area contributed by atoms with Gasteiger partial charge in [0.05, 0.1) is 12.1 Å². The van der Waals surface area contributed by atoms with E-state index in [1.165, 1.54) is 0 Å². The van der Waals surface area contributed by atoms with Crippen molar-refractivity contribution in [2.24, 2.45) is 17.1 Å². The molecule has 2 atom stereocenters. The van der Waals surface area contributed by atoms with Crippen LogP contribution in [-0.4, -0.2) is 11.9 Å². The SMILES string of the molecule is CC(C)[C@@H](N)C(=O)NC(c1ccccc1)C(C)(C)C. The lowest BCUT2D eigenvalue weighted by atomic mass is 9.82. The van der Waals surface area contributed by atoms with E-state index < -0.39 is 6.04 Å². The zero-order valence-electron chi connectivity index (χ0n) is 12.6. The number of hydrogen-bond acceptors (Lipinski definition) is 2. The molecule has 0 aromatic heterocycles. The summed E-state index contributed by atoms with van der Waals surface area (Å²) in [4.78, 5) is 12.2. The second kappa shape index (κ2) is 6.20. The van der Waals surface area contributed by atoms with Crippen molar-refractivity contribution >= 4 is 5.91 Å². The van der Waals surface area contributed by atoms with Crippen LogP contribution >= 0.6 is 0 Å². The molecule has 0 aliphatic rings. The lowest BCUT2D eigenvalue weighted by molar-refractivity contribution is -0.124. The van der Waals surface area contributed by atoms with Gasteiger partial charge in [-0.15, -0.1) is 0 Å². The topological polar surface area (TPSA) is 55.1 Å². The molecule has 0 bridgehead atoms. The standard InChI is InChI=1S/C16H26N2O/c1-11(2)13(17)15(19)18-14(16(3,4)5)12-9-7-6-8-10-12/h6-11,13-14H,17H2,1-5H3,(H,18,19)/t13-,14?/m1/s1. The Labute approximate surface area is 116 Å². The van der Waals surface area contributed by atoms with Crippen LogP contribution in [0.5, 0.6) is 0 Å². The molecule has 0 saturated heterocycles. The first-order chi connectivity index (χ1) is 8.73. The fourth-order valence-corrected chi connectivity index (χ4v) is 1.99. The van der Waals surface area contributed by atoms with Gasteiger partial charge >= 0.3 is 0 Å². The molecule has 0 aliphatic heterocycles. The summed E-state index contributed by atoms with van der Waals surface area (Å²) < 4.78 is 0. The zero-order valence-corrected chi connectivity index (χ0v) is 12.6. The van der Waals surface area contributed by atoms with Crippen LogP contribution in [0.1, 0.15) is 46.2 Å². The van der Waals surface area contributed by atoms with Crippen molar-refractivity contribution in [2.45, 2.75) is 46.7 Å². The van der Waals surface area contributed by atoms with Gasteiger partial charge in [-0.2, -0.15) is 0 Å². The molecular weight excluding hydrogens is 236 g/mol. The Morgan fingerprint density at radius 2 is 1.68 bits per heavy atom. The maximum atomic E-state index is 12.2. The number of nitrogens with one attached hydrogen (secondary N) is 1. The van der Waals surface area contributed by atoms with Gasteiger partial charge in [-0.3, -0.25) is 4.79 Å². The maximum absolute atomic E-state index is 12.2. The quantitative estimate of drug-likeness (QED) is 0.876. The molecule has 1 unspecified atom stereocenters. The molecule has 3 nitrogen and oxygen atoms in total. The fraction of sp³-hybridized carbons (Fsp3) is 0.562. The Bertz CT molecular complexity index is 407. The zero-order chi connectivity index (χ0) is 14.6. The molecule has 0 heterocycles. The summed E-state index contributed by atoms with van der Waals surface area (Å²) in [5.41, 5.74) is 6.97. The number of carbonyl (C=O) groups is 1. The van der Waals surface area contributed by atoms with Crippen LogP contribution in [0, 0.1) is 11.3 Å². The van der Waals surface area contributed by atoms with Gasteiger partial charge in [-0.25, -0.2) is 0 Å². The van der Waals surface area contributed by atoms with Crippen LogP contribution in [0.4, 0.5) is 0 Å². The lowest BCUT2D eigenvalue weighted by Crippen LogP contribution is -2.47. The van der Waals surface area contributed by atoms with Gasteiger partial charge in [-0.1, -0.05) is 65.0 Å². The number of benzene rings is 1. The highest BCUT2D eigenvalue weighted by Gasteiger charge is 2.29. The molecule has 1 aromatic rings. The van der Waals surface area contributed by atoms with Crippen LogP contribution in [0.25, 0.3) is 0 Å². The van der Waals surface area contributed by atoms with Crippen LogP contribution in [0.3, 0.4) is 0 Å². The van der Waals surface area contributed by atoms with Gasteiger partial charge in [0.15, 0.2) is 0 Å². The summed E-state index contributed by atoms with van der Waals surface area (Å²) in [6, 6.07) is 9.53. The first-order valence-corrected chi connectivity index (χ1v) is 6.84. The van der Waals surface area contributed by atoms with Crippen molar-refractivity contribution in [3.05, 3.63) is 35.9 Å². The third-order valence-corrected chi connectivity index (χ3v) is 3.31. The Hall–Kier alpha value is -1.35. The Morgan fingerprint density at radius 1 is 1.16 bits per heavy atom. The van der Waals surface area contributed by atoms with E-state index in [9.17, 15) is 4.79 Å². The van der Waals surface area contributed by atoms with Gasteiger partial charge in [0.25, 0.3) is 0 Å². The van der Waals surface area contributed by atoms with Gasteiger partial charge in [0, 0.05) is 0 Å². The summed E-state index contributed by atoms with van der Waals surface area (Å²) in [6.45, 7) is 10.3. The van der Waals surface area contributed by atoms with E-state index in [-0.39, 0.29) is 23.3 Å². The van der Waals surface area contributed by atoms with Gasteiger partial charge in [-0.05, 0) is 16.9 Å². The fourth-order valence-electron chi connectivity index (χ4n) is 1.99. The Balaban J connectivity index is 2.93. The lowest BCUT2D eigenvalue weighted by Gasteiger charge is -2.33. The third kappa shape index (κ3) is 4.35. The summed E-state index contributed by atoms with van der Waals surface area (Å²) in [5, 5.41) is 3.09. The van der Waals surface area contributed by atoms with E-state index in [2.05, 4.69) is 26.1 Å². The van der Waals surface area contributed by atoms with Crippen molar-refractivity contribution in [1.82, 2.24) is 5.32 Å². The summed E-state index contributed by atoms with van der Waals surface area (Å²) in [7, 11) is 0. The van der Waals surface area contributed by atoms with Crippen molar-refractivity contribution in [3.8, 4) is 0 Å². The van der Waals surface area contributed by atoms with Crippen LogP contribution in [0.15, 0.2) is 30.3 Å². The minimum absolute atomic E-state index is 0.0361. The van der Waals surface area contributed by atoms with Gasteiger partial charge in [0.2, 0.25) is 5.91 Å². The number of hydrogen-bond donors (Lipinski definition) is 2. The van der Waals surface area contributed by atoms with E-state index in [1.54, 1.807) is 0 Å². The number of amides is 1. The summed E-state index contributed by atoms with van der Waals surface area (Å²) >= 11 is 0. The second-order valence-electron chi connectivity index (χ2n) is 6.49. The van der Waals surface area contributed by atoms with E-state index in [0.717, 1.165) is 5.56 Å². The van der Waals surface area contributed by atoms with Crippen LogP contribution in [-0.2, 0) is 4.79 Å². The second-order valence-corrected chi connectivity index (χ2v) is 6.49. The average Bonchev–Trinajstić information content (AvgIpc) is 2.34. The molecule has 1 rings (SSSR count). The minimum Gasteiger partial charge on any atom is -0.347 e. The largest absolute Gasteiger partial charge is 0.347 e. The van der Waals surface area contributed by atoms with Gasteiger partial charge < -0.3 is 11.1 Å². The molecule has 106 valence electrons. The number of carbonyl (C=O) groups excluding carboxylic acids is 1. The highest BCUT2D eigenvalue weighted by molar-refractivity contribution is 5.82. The molecule has 0 saturated carbocycles. The molecule has 1 amide bonds. The Kier molecular flexibility index (Phi) is 5.12. The average molecular weight is 262 g/mol. The summed E-state index contributed by atoms with van der Waals surface area (Å²) in [6.07, 6.45) is 0. The highest BCUT2D eigenvalue weighted by atomic mass is 16.2.